The van der Waals surface area contributed by atoms with Crippen LogP contribution in [0.1, 0.15) is 25.3 Å². The lowest BCUT2D eigenvalue weighted by atomic mass is 9.91. The van der Waals surface area contributed by atoms with Crippen LogP contribution in [0, 0.1) is 5.92 Å². The second kappa shape index (κ2) is 5.93. The van der Waals surface area contributed by atoms with Crippen LogP contribution in [-0.4, -0.2) is 37.2 Å². The van der Waals surface area contributed by atoms with Gasteiger partial charge in [-0.05, 0) is 56.5 Å². The first-order chi connectivity index (χ1) is 9.36. The van der Waals surface area contributed by atoms with E-state index < -0.39 is 0 Å². The van der Waals surface area contributed by atoms with Crippen LogP contribution in [0.5, 0.6) is 5.75 Å². The van der Waals surface area contributed by atoms with Crippen LogP contribution in [0.3, 0.4) is 0 Å². The lowest BCUT2D eigenvalue weighted by molar-refractivity contribution is 0.117. The van der Waals surface area contributed by atoms with Crippen molar-refractivity contribution in [2.75, 3.05) is 26.2 Å². The predicted molar refractivity (Wildman–Crippen MR) is 77.4 cm³/mol. The summed E-state index contributed by atoms with van der Waals surface area (Å²) in [6, 6.07) is 9.30. The Bertz CT molecular complexity index is 421. The third kappa shape index (κ3) is 2.93. The molecule has 0 bridgehead atoms. The van der Waals surface area contributed by atoms with Crippen LogP contribution in [0.2, 0.25) is 0 Å². The zero-order valence-corrected chi connectivity index (χ0v) is 11.8. The highest BCUT2D eigenvalue weighted by Gasteiger charge is 2.34. The molecule has 3 rings (SSSR count). The van der Waals surface area contributed by atoms with Crippen molar-refractivity contribution in [3.63, 3.8) is 0 Å². The summed E-state index contributed by atoms with van der Waals surface area (Å²) in [4.78, 5) is 2.65. The lowest BCUT2D eigenvalue weighted by Crippen LogP contribution is -2.44. The van der Waals surface area contributed by atoms with Gasteiger partial charge < -0.3 is 10.1 Å². The normalized spacial score (nSPS) is 27.2. The molecule has 0 aromatic heterocycles. The number of hydrogen-bond donors (Lipinski definition) is 1. The van der Waals surface area contributed by atoms with Gasteiger partial charge in [0.25, 0.3) is 0 Å². The Morgan fingerprint density at radius 3 is 3.21 bits per heavy atom. The minimum Gasteiger partial charge on any atom is -0.494 e. The predicted octanol–water partition coefficient (Wildman–Crippen LogP) is 2.27. The molecule has 2 unspecified atom stereocenters. The number of benzene rings is 1. The van der Waals surface area contributed by atoms with Crippen LogP contribution in [0.15, 0.2) is 24.3 Å². The molecular weight excluding hydrogens is 236 g/mol. The zero-order chi connectivity index (χ0) is 13.1. The van der Waals surface area contributed by atoms with Gasteiger partial charge in [0, 0.05) is 19.1 Å². The van der Waals surface area contributed by atoms with Crippen molar-refractivity contribution in [1.29, 1.82) is 0 Å². The highest BCUT2D eigenvalue weighted by molar-refractivity contribution is 5.28. The van der Waals surface area contributed by atoms with Crippen molar-refractivity contribution in [1.82, 2.24) is 10.2 Å². The van der Waals surface area contributed by atoms with Gasteiger partial charge in [0.15, 0.2) is 0 Å². The van der Waals surface area contributed by atoms with E-state index in [4.69, 9.17) is 4.74 Å². The number of fused-ring (bicyclic) bond motifs is 1. The van der Waals surface area contributed by atoms with E-state index in [9.17, 15) is 0 Å². The molecule has 1 aromatic carbocycles. The van der Waals surface area contributed by atoms with Gasteiger partial charge in [0.05, 0.1) is 6.61 Å². The fourth-order valence-corrected chi connectivity index (χ4v) is 3.49. The first-order valence-electron chi connectivity index (χ1n) is 7.53. The number of nitrogens with zero attached hydrogens (tertiary/aromatic N) is 1. The topological polar surface area (TPSA) is 24.5 Å². The molecule has 0 saturated carbocycles. The van der Waals surface area contributed by atoms with Crippen molar-refractivity contribution in [3.8, 4) is 5.75 Å². The molecule has 0 spiro atoms. The largest absolute Gasteiger partial charge is 0.494 e. The molecule has 0 radical (unpaired) electrons. The summed E-state index contributed by atoms with van der Waals surface area (Å²) in [5.74, 6) is 1.86. The molecule has 19 heavy (non-hydrogen) atoms. The van der Waals surface area contributed by atoms with Gasteiger partial charge in [0.1, 0.15) is 5.75 Å². The van der Waals surface area contributed by atoms with Gasteiger partial charge in [-0.15, -0.1) is 0 Å². The Labute approximate surface area is 115 Å². The van der Waals surface area contributed by atoms with Crippen LogP contribution < -0.4 is 10.1 Å². The molecule has 104 valence electrons. The maximum Gasteiger partial charge on any atom is 0.119 e. The molecule has 0 aliphatic carbocycles. The Hall–Kier alpha value is -1.06. The third-order valence-electron chi connectivity index (χ3n) is 4.39. The summed E-state index contributed by atoms with van der Waals surface area (Å²) in [6.07, 6.45) is 2.74. The van der Waals surface area contributed by atoms with Gasteiger partial charge in [-0.1, -0.05) is 12.1 Å². The molecule has 0 amide bonds. The Morgan fingerprint density at radius 1 is 1.37 bits per heavy atom. The molecule has 2 atom stereocenters. The number of rotatable bonds is 4. The molecule has 1 N–H and O–H groups in total. The molecule has 2 heterocycles. The smallest absolute Gasteiger partial charge is 0.119 e. The molecule has 3 nitrogen and oxygen atoms in total. The summed E-state index contributed by atoms with van der Waals surface area (Å²) in [5.41, 5.74) is 1.37. The van der Waals surface area contributed by atoms with Crippen molar-refractivity contribution < 1.29 is 4.74 Å². The SMILES string of the molecule is CCOc1cccc(CN2CCCC3CNCC32)c1. The first kappa shape index (κ1) is 12.9. The van der Waals surface area contributed by atoms with Crippen LogP contribution in [0.4, 0.5) is 0 Å². The molecular formula is C16H24N2O. The van der Waals surface area contributed by atoms with Crippen LogP contribution >= 0.6 is 0 Å². The minimum absolute atomic E-state index is 0.738. The Kier molecular flexibility index (Phi) is 4.04. The highest BCUT2D eigenvalue weighted by Crippen LogP contribution is 2.28. The monoisotopic (exact) mass is 260 g/mol. The molecule has 2 saturated heterocycles. The molecule has 2 aliphatic rings. The standard InChI is InChI=1S/C16H24N2O/c1-2-19-15-7-3-5-13(9-15)12-18-8-4-6-14-10-17-11-16(14)18/h3,5,7,9,14,16-17H,2,4,6,8,10-12H2,1H3. The van der Waals surface area contributed by atoms with E-state index in [0.29, 0.717) is 0 Å². The lowest BCUT2D eigenvalue weighted by Gasteiger charge is -2.37. The third-order valence-corrected chi connectivity index (χ3v) is 4.39. The second-order valence-electron chi connectivity index (χ2n) is 5.68. The maximum atomic E-state index is 5.59. The summed E-state index contributed by atoms with van der Waals surface area (Å²) in [7, 11) is 0. The molecule has 1 aromatic rings. The van der Waals surface area contributed by atoms with Crippen molar-refractivity contribution in [3.05, 3.63) is 29.8 Å². The zero-order valence-electron chi connectivity index (χ0n) is 11.8. The average Bonchev–Trinajstić information content (AvgIpc) is 2.89. The Morgan fingerprint density at radius 2 is 2.32 bits per heavy atom. The van der Waals surface area contributed by atoms with Gasteiger partial charge in [-0.2, -0.15) is 0 Å². The summed E-state index contributed by atoms with van der Waals surface area (Å²) >= 11 is 0. The summed E-state index contributed by atoms with van der Waals surface area (Å²) < 4.78 is 5.59. The van der Waals surface area contributed by atoms with Crippen molar-refractivity contribution in [2.45, 2.75) is 32.4 Å². The van der Waals surface area contributed by atoms with E-state index in [1.165, 1.54) is 31.5 Å². The van der Waals surface area contributed by atoms with Crippen molar-refractivity contribution >= 4 is 0 Å². The van der Waals surface area contributed by atoms with E-state index in [2.05, 4.69) is 28.4 Å². The minimum atomic E-state index is 0.738. The number of hydrogen-bond acceptors (Lipinski definition) is 3. The van der Waals surface area contributed by atoms with E-state index in [-0.39, 0.29) is 0 Å². The van der Waals surface area contributed by atoms with E-state index in [1.807, 2.05) is 13.0 Å². The second-order valence-corrected chi connectivity index (χ2v) is 5.68. The molecule has 2 fully saturated rings. The van der Waals surface area contributed by atoms with Gasteiger partial charge >= 0.3 is 0 Å². The molecule has 2 aliphatic heterocycles. The van der Waals surface area contributed by atoms with Gasteiger partial charge in [-0.25, -0.2) is 0 Å². The summed E-state index contributed by atoms with van der Waals surface area (Å²) in [6.45, 7) is 7.44. The van der Waals surface area contributed by atoms with Gasteiger partial charge in [0.2, 0.25) is 0 Å². The van der Waals surface area contributed by atoms with Crippen LogP contribution in [0.25, 0.3) is 0 Å². The number of nitrogens with one attached hydrogen (secondary N) is 1. The maximum absolute atomic E-state index is 5.59. The van der Waals surface area contributed by atoms with E-state index >= 15 is 0 Å². The number of ether oxygens (including phenoxy) is 1. The van der Waals surface area contributed by atoms with Crippen LogP contribution in [-0.2, 0) is 6.54 Å². The van der Waals surface area contributed by atoms with E-state index in [0.717, 1.165) is 37.4 Å². The first-order valence-corrected chi connectivity index (χ1v) is 7.53. The van der Waals surface area contributed by atoms with Crippen molar-refractivity contribution in [2.24, 2.45) is 5.92 Å². The van der Waals surface area contributed by atoms with Gasteiger partial charge in [-0.3, -0.25) is 4.90 Å². The summed E-state index contributed by atoms with van der Waals surface area (Å²) in [5, 5.41) is 3.55. The number of piperidine rings is 1. The quantitative estimate of drug-likeness (QED) is 0.899. The Balaban J connectivity index is 1.68. The highest BCUT2D eigenvalue weighted by atomic mass is 16.5. The number of likely N-dealkylation sites (tertiary alicyclic amines) is 1. The molecule has 3 heteroatoms. The van der Waals surface area contributed by atoms with E-state index in [1.54, 1.807) is 0 Å². The average molecular weight is 260 g/mol. The fourth-order valence-electron chi connectivity index (χ4n) is 3.49. The fraction of sp³-hybridized carbons (Fsp3) is 0.625.